The topological polar surface area (TPSA) is 111 Å². The van der Waals surface area contributed by atoms with Crippen LogP contribution in [0, 0.1) is 13.8 Å². The molecule has 2 rings (SSSR count). The summed E-state index contributed by atoms with van der Waals surface area (Å²) in [4.78, 5) is 48.4. The number of nitrogens with one attached hydrogen (secondary N) is 2. The minimum atomic E-state index is -0.506. The highest BCUT2D eigenvalue weighted by Gasteiger charge is 2.18. The van der Waals surface area contributed by atoms with Crippen LogP contribution in [-0.4, -0.2) is 59.0 Å². The summed E-state index contributed by atoms with van der Waals surface area (Å²) in [5, 5.41) is 4.56. The summed E-state index contributed by atoms with van der Waals surface area (Å²) < 4.78 is 10.4. The second-order valence-electron chi connectivity index (χ2n) is 8.42. The van der Waals surface area contributed by atoms with E-state index in [0.717, 1.165) is 11.1 Å². The lowest BCUT2D eigenvalue weighted by molar-refractivity contribution is -0.145. The maximum Gasteiger partial charge on any atom is 0.318 e. The van der Waals surface area contributed by atoms with Gasteiger partial charge >= 0.3 is 11.9 Å². The molecule has 0 aliphatic carbocycles. The van der Waals surface area contributed by atoms with E-state index in [-0.39, 0.29) is 36.5 Å². The number of hydrogen-bond acceptors (Lipinski definition) is 8. The average Bonchev–Trinajstić information content (AvgIpc) is 2.88. The molecule has 0 unspecified atom stereocenters. The number of benzene rings is 2. The van der Waals surface area contributed by atoms with Crippen molar-refractivity contribution >= 4 is 58.7 Å². The Labute approximate surface area is 226 Å². The molecule has 10 heteroatoms. The van der Waals surface area contributed by atoms with E-state index in [0.29, 0.717) is 17.8 Å². The molecule has 2 N–H and O–H groups in total. The first-order valence-corrected chi connectivity index (χ1v) is 14.0. The van der Waals surface area contributed by atoms with E-state index in [1.165, 1.54) is 23.5 Å². The molecule has 0 fully saturated rings. The van der Waals surface area contributed by atoms with E-state index in [9.17, 15) is 19.2 Å². The molecule has 2 aromatic rings. The van der Waals surface area contributed by atoms with Gasteiger partial charge in [0.1, 0.15) is 10.5 Å². The quantitative estimate of drug-likeness (QED) is 0.261. The molecule has 0 radical (unpaired) electrons. The lowest BCUT2D eigenvalue weighted by Crippen LogP contribution is -2.23. The Bertz CT molecular complexity index is 960. The minimum absolute atomic E-state index is 0.104. The summed E-state index contributed by atoms with van der Waals surface area (Å²) in [6.07, 6.45) is 0.355. The van der Waals surface area contributed by atoms with E-state index in [1.54, 1.807) is 13.8 Å². The van der Waals surface area contributed by atoms with Gasteiger partial charge in [-0.15, -0.1) is 23.5 Å². The molecule has 0 saturated carbocycles. The molecular formula is C27H34N2O6S2. The van der Waals surface area contributed by atoms with Crippen molar-refractivity contribution in [1.29, 1.82) is 0 Å². The summed E-state index contributed by atoms with van der Waals surface area (Å²) in [7, 11) is 0. The number of aryl methyl sites for hydroxylation is 2. The highest BCUT2D eigenvalue weighted by molar-refractivity contribution is 8.01. The molecule has 2 atom stereocenters. The number of amides is 2. The SMILES string of the molecule is Cc1ccc(NC(=O)CS[C@@H](C)C(=O)OCCCOC(=O)[C@H](C)SCC(=O)Nc2ccc(C)cc2)cc1. The standard InChI is InChI=1S/C27H34N2O6S2/c1-18-6-10-22(11-7-18)28-24(30)16-36-20(3)26(32)34-14-5-15-35-27(33)21(4)37-17-25(31)29-23-12-8-19(2)9-13-23/h6-13,20-21H,5,14-17H2,1-4H3,(H,28,30)(H,29,31)/t20-,21-/m0/s1. The van der Waals surface area contributed by atoms with Crippen LogP contribution in [-0.2, 0) is 28.7 Å². The molecular weight excluding hydrogens is 512 g/mol. The molecule has 0 saturated heterocycles. The molecule has 37 heavy (non-hydrogen) atoms. The van der Waals surface area contributed by atoms with Gasteiger partial charge < -0.3 is 20.1 Å². The fourth-order valence-corrected chi connectivity index (χ4v) is 4.20. The zero-order valence-corrected chi connectivity index (χ0v) is 23.2. The van der Waals surface area contributed by atoms with Gasteiger partial charge in [-0.05, 0) is 52.0 Å². The van der Waals surface area contributed by atoms with Gasteiger partial charge in [-0.1, -0.05) is 35.4 Å². The average molecular weight is 547 g/mol. The Kier molecular flexibility index (Phi) is 13.1. The van der Waals surface area contributed by atoms with Crippen LogP contribution in [0.5, 0.6) is 0 Å². The van der Waals surface area contributed by atoms with Gasteiger partial charge in [0.2, 0.25) is 11.8 Å². The third-order valence-electron chi connectivity index (χ3n) is 5.04. The van der Waals surface area contributed by atoms with Gasteiger partial charge in [0.05, 0.1) is 24.7 Å². The van der Waals surface area contributed by atoms with Crippen molar-refractivity contribution in [2.75, 3.05) is 35.4 Å². The Balaban J connectivity index is 1.54. The first kappa shape index (κ1) is 30.2. The molecule has 200 valence electrons. The number of carbonyl (C=O) groups excluding carboxylic acids is 4. The van der Waals surface area contributed by atoms with Crippen LogP contribution in [0.1, 0.15) is 31.4 Å². The maximum atomic E-state index is 12.1. The van der Waals surface area contributed by atoms with E-state index in [2.05, 4.69) is 10.6 Å². The van der Waals surface area contributed by atoms with Crippen molar-refractivity contribution in [2.24, 2.45) is 0 Å². The van der Waals surface area contributed by atoms with Gasteiger partial charge in [0.15, 0.2) is 0 Å². The smallest absolute Gasteiger partial charge is 0.318 e. The molecule has 2 amide bonds. The number of rotatable bonds is 14. The molecule has 0 bridgehead atoms. The molecule has 0 aliphatic heterocycles. The Morgan fingerprint density at radius 2 is 1.03 bits per heavy atom. The van der Waals surface area contributed by atoms with E-state index in [4.69, 9.17) is 9.47 Å². The first-order chi connectivity index (χ1) is 17.6. The second kappa shape index (κ2) is 16.0. The number of anilines is 2. The predicted molar refractivity (Wildman–Crippen MR) is 150 cm³/mol. The Hall–Kier alpha value is -2.98. The van der Waals surface area contributed by atoms with Crippen molar-refractivity contribution < 1.29 is 28.7 Å². The molecule has 8 nitrogen and oxygen atoms in total. The second-order valence-corrected chi connectivity index (χ2v) is 11.1. The number of carbonyl (C=O) groups is 4. The third-order valence-corrected chi connectivity index (χ3v) is 7.28. The van der Waals surface area contributed by atoms with Crippen LogP contribution < -0.4 is 10.6 Å². The monoisotopic (exact) mass is 546 g/mol. The number of esters is 2. The lowest BCUT2D eigenvalue weighted by Gasteiger charge is -2.13. The Morgan fingerprint density at radius 3 is 1.38 bits per heavy atom. The van der Waals surface area contributed by atoms with E-state index in [1.807, 2.05) is 62.4 Å². The highest BCUT2D eigenvalue weighted by Crippen LogP contribution is 2.16. The van der Waals surface area contributed by atoms with Gasteiger partial charge in [-0.2, -0.15) is 0 Å². The van der Waals surface area contributed by atoms with Crippen LogP contribution in [0.2, 0.25) is 0 Å². The normalized spacial score (nSPS) is 12.2. The highest BCUT2D eigenvalue weighted by atomic mass is 32.2. The predicted octanol–water partition coefficient (Wildman–Crippen LogP) is 4.60. The molecule has 0 spiro atoms. The number of hydrogen-bond donors (Lipinski definition) is 2. The van der Waals surface area contributed by atoms with Crippen LogP contribution in [0.15, 0.2) is 48.5 Å². The van der Waals surface area contributed by atoms with Crippen molar-refractivity contribution in [2.45, 2.75) is 44.6 Å². The summed E-state index contributed by atoms with van der Waals surface area (Å²) in [6, 6.07) is 14.9. The first-order valence-electron chi connectivity index (χ1n) is 11.9. The fourth-order valence-electron chi connectivity index (χ4n) is 2.84. The summed E-state index contributed by atoms with van der Waals surface area (Å²) >= 11 is 2.38. The van der Waals surface area contributed by atoms with Crippen LogP contribution in [0.4, 0.5) is 11.4 Å². The van der Waals surface area contributed by atoms with Gasteiger partial charge in [-0.3, -0.25) is 19.2 Å². The summed E-state index contributed by atoms with van der Waals surface area (Å²) in [5.41, 5.74) is 3.62. The van der Waals surface area contributed by atoms with Crippen LogP contribution in [0.3, 0.4) is 0 Å². The third kappa shape index (κ3) is 12.2. The van der Waals surface area contributed by atoms with Crippen molar-refractivity contribution in [1.82, 2.24) is 0 Å². The molecule has 0 aliphatic rings. The van der Waals surface area contributed by atoms with E-state index < -0.39 is 22.4 Å². The van der Waals surface area contributed by atoms with Gasteiger partial charge in [0, 0.05) is 17.8 Å². The molecule has 2 aromatic carbocycles. The van der Waals surface area contributed by atoms with Crippen molar-refractivity contribution in [3.63, 3.8) is 0 Å². The van der Waals surface area contributed by atoms with Crippen molar-refractivity contribution in [3.8, 4) is 0 Å². The zero-order chi connectivity index (χ0) is 27.2. The number of thioether (sulfide) groups is 2. The number of ether oxygens (including phenoxy) is 2. The largest absolute Gasteiger partial charge is 0.465 e. The van der Waals surface area contributed by atoms with Crippen molar-refractivity contribution in [3.05, 3.63) is 59.7 Å². The van der Waals surface area contributed by atoms with Crippen LogP contribution >= 0.6 is 23.5 Å². The lowest BCUT2D eigenvalue weighted by atomic mass is 10.2. The summed E-state index contributed by atoms with van der Waals surface area (Å²) in [5.74, 6) is -0.994. The minimum Gasteiger partial charge on any atom is -0.465 e. The zero-order valence-electron chi connectivity index (χ0n) is 21.6. The molecule has 0 aromatic heterocycles. The van der Waals surface area contributed by atoms with Crippen LogP contribution in [0.25, 0.3) is 0 Å². The van der Waals surface area contributed by atoms with Gasteiger partial charge in [-0.25, -0.2) is 0 Å². The van der Waals surface area contributed by atoms with Gasteiger partial charge in [0.25, 0.3) is 0 Å². The maximum absolute atomic E-state index is 12.1. The van der Waals surface area contributed by atoms with E-state index >= 15 is 0 Å². The molecule has 0 heterocycles. The fraction of sp³-hybridized carbons (Fsp3) is 0.407. The summed E-state index contributed by atoms with van der Waals surface area (Å²) in [6.45, 7) is 7.50. The Morgan fingerprint density at radius 1 is 0.676 bits per heavy atom.